The summed E-state index contributed by atoms with van der Waals surface area (Å²) in [4.78, 5) is 21.0. The van der Waals surface area contributed by atoms with Gasteiger partial charge in [0.15, 0.2) is 0 Å². The minimum atomic E-state index is -0.602. The van der Waals surface area contributed by atoms with Gasteiger partial charge in [-0.1, -0.05) is 6.42 Å². The van der Waals surface area contributed by atoms with Gasteiger partial charge in [0.05, 0.1) is 12.0 Å². The summed E-state index contributed by atoms with van der Waals surface area (Å²) in [6.07, 6.45) is 5.84. The van der Waals surface area contributed by atoms with Crippen molar-refractivity contribution < 1.29 is 9.90 Å². The highest BCUT2D eigenvalue weighted by atomic mass is 32.1. The van der Waals surface area contributed by atoms with Crippen LogP contribution in [-0.4, -0.2) is 58.6 Å². The zero-order chi connectivity index (χ0) is 15.2. The summed E-state index contributed by atoms with van der Waals surface area (Å²) in [7, 11) is 0. The lowest BCUT2D eigenvalue weighted by Gasteiger charge is -2.31. The van der Waals surface area contributed by atoms with E-state index >= 15 is 0 Å². The van der Waals surface area contributed by atoms with Crippen molar-refractivity contribution in [3.8, 4) is 0 Å². The van der Waals surface area contributed by atoms with Gasteiger partial charge < -0.3 is 10.0 Å². The van der Waals surface area contributed by atoms with E-state index in [1.807, 2.05) is 11.6 Å². The lowest BCUT2D eigenvalue weighted by Crippen LogP contribution is -2.41. The molecule has 2 aliphatic heterocycles. The van der Waals surface area contributed by atoms with Crippen molar-refractivity contribution in [3.05, 3.63) is 16.6 Å². The van der Waals surface area contributed by atoms with Gasteiger partial charge in [0.2, 0.25) is 0 Å². The number of hydrogen-bond donors (Lipinski definition) is 1. The normalized spacial score (nSPS) is 33.0. The van der Waals surface area contributed by atoms with Crippen molar-refractivity contribution in [2.45, 2.75) is 25.8 Å². The highest BCUT2D eigenvalue weighted by molar-refractivity contribution is 7.09. The van der Waals surface area contributed by atoms with Crippen molar-refractivity contribution in [1.29, 1.82) is 0 Å². The van der Waals surface area contributed by atoms with Crippen LogP contribution in [0, 0.1) is 17.3 Å². The Balaban J connectivity index is 1.43. The number of rotatable bonds is 5. The van der Waals surface area contributed by atoms with Gasteiger partial charge >= 0.3 is 5.97 Å². The molecule has 6 heteroatoms. The first kappa shape index (κ1) is 14.6. The summed E-state index contributed by atoms with van der Waals surface area (Å²) < 4.78 is 0. The molecule has 120 valence electrons. The lowest BCUT2D eigenvalue weighted by atomic mass is 9.81. The Morgan fingerprint density at radius 2 is 2.14 bits per heavy atom. The topological polar surface area (TPSA) is 56.7 Å². The van der Waals surface area contributed by atoms with Gasteiger partial charge in [0.25, 0.3) is 0 Å². The molecule has 5 nitrogen and oxygen atoms in total. The van der Waals surface area contributed by atoms with Gasteiger partial charge in [-0.2, -0.15) is 0 Å². The number of aliphatic carboxylic acids is 1. The van der Waals surface area contributed by atoms with Crippen molar-refractivity contribution in [1.82, 2.24) is 14.8 Å². The zero-order valence-corrected chi connectivity index (χ0v) is 13.6. The molecule has 2 atom stereocenters. The molecule has 3 aliphatic rings. The van der Waals surface area contributed by atoms with Crippen LogP contribution >= 0.6 is 11.3 Å². The Kier molecular flexibility index (Phi) is 3.71. The summed E-state index contributed by atoms with van der Waals surface area (Å²) in [5.74, 6) is 0.483. The Morgan fingerprint density at radius 3 is 2.73 bits per heavy atom. The van der Waals surface area contributed by atoms with Crippen LogP contribution in [0.2, 0.25) is 0 Å². The number of aromatic nitrogens is 1. The molecule has 0 bridgehead atoms. The average molecular weight is 321 g/mol. The molecule has 0 spiro atoms. The van der Waals surface area contributed by atoms with E-state index < -0.39 is 11.4 Å². The molecule has 4 rings (SSSR count). The van der Waals surface area contributed by atoms with Gasteiger partial charge in [-0.15, -0.1) is 11.3 Å². The number of carboxylic acids is 1. The van der Waals surface area contributed by atoms with Crippen LogP contribution in [-0.2, 0) is 11.3 Å². The zero-order valence-electron chi connectivity index (χ0n) is 12.8. The molecular weight excluding hydrogens is 298 g/mol. The highest BCUT2D eigenvalue weighted by Gasteiger charge is 2.57. The van der Waals surface area contributed by atoms with Crippen LogP contribution in [0.25, 0.3) is 0 Å². The van der Waals surface area contributed by atoms with E-state index in [9.17, 15) is 9.90 Å². The summed E-state index contributed by atoms with van der Waals surface area (Å²) in [5, 5.41) is 13.0. The molecular formula is C16H23N3O2S. The number of likely N-dealkylation sites (tertiary alicyclic amines) is 2. The maximum Gasteiger partial charge on any atom is 0.312 e. The molecule has 1 N–H and O–H groups in total. The van der Waals surface area contributed by atoms with Gasteiger partial charge in [0.1, 0.15) is 5.01 Å². The van der Waals surface area contributed by atoms with Crippen molar-refractivity contribution in [3.63, 3.8) is 0 Å². The molecule has 1 aliphatic carbocycles. The third-order valence-electron chi connectivity index (χ3n) is 5.76. The fraction of sp³-hybridized carbons (Fsp3) is 0.750. The summed E-state index contributed by atoms with van der Waals surface area (Å²) >= 11 is 1.65. The largest absolute Gasteiger partial charge is 0.481 e. The monoisotopic (exact) mass is 321 g/mol. The minimum absolute atomic E-state index is 0.269. The standard InChI is InChI=1S/C16H23N3O2S/c20-15(21)16-10-18(6-12-2-1-3-12)7-13(16)8-19(11-16)9-14-17-4-5-22-14/h4-5,12-13H,1-3,6-11H2,(H,20,21)/t13-,16-/m1/s1. The minimum Gasteiger partial charge on any atom is -0.481 e. The molecule has 0 radical (unpaired) electrons. The second-order valence-corrected chi connectivity index (χ2v) is 8.22. The SMILES string of the molecule is O=C(O)[C@]12CN(Cc3nccs3)C[C@H]1CN(CC1CCC1)C2. The number of thiazole rings is 1. The fourth-order valence-electron chi connectivity index (χ4n) is 4.40. The average Bonchev–Trinajstić information content (AvgIpc) is 3.08. The summed E-state index contributed by atoms with van der Waals surface area (Å²) in [6.45, 7) is 5.17. The van der Waals surface area contributed by atoms with Crippen molar-refractivity contribution in [2.24, 2.45) is 17.3 Å². The van der Waals surface area contributed by atoms with Crippen LogP contribution in [0.4, 0.5) is 0 Å². The van der Waals surface area contributed by atoms with Gasteiger partial charge in [0, 0.05) is 50.2 Å². The molecule has 0 aromatic carbocycles. The molecule has 0 amide bonds. The fourth-order valence-corrected chi connectivity index (χ4v) is 5.06. The quantitative estimate of drug-likeness (QED) is 0.895. The van der Waals surface area contributed by atoms with Gasteiger partial charge in [-0.05, 0) is 18.8 Å². The van der Waals surface area contributed by atoms with Crippen LogP contribution < -0.4 is 0 Å². The van der Waals surface area contributed by atoms with Crippen molar-refractivity contribution >= 4 is 17.3 Å². The Bertz CT molecular complexity index is 546. The first-order chi connectivity index (χ1) is 10.7. The van der Waals surface area contributed by atoms with Crippen LogP contribution in [0.15, 0.2) is 11.6 Å². The molecule has 1 aromatic rings. The van der Waals surface area contributed by atoms with E-state index in [2.05, 4.69) is 14.8 Å². The number of fused-ring (bicyclic) bond motifs is 1. The third-order valence-corrected chi connectivity index (χ3v) is 6.52. The lowest BCUT2D eigenvalue weighted by molar-refractivity contribution is -0.149. The van der Waals surface area contributed by atoms with E-state index in [1.165, 1.54) is 19.3 Å². The van der Waals surface area contributed by atoms with E-state index in [4.69, 9.17) is 0 Å². The van der Waals surface area contributed by atoms with Gasteiger partial charge in [-0.3, -0.25) is 9.69 Å². The summed E-state index contributed by atoms with van der Waals surface area (Å²) in [5.41, 5.74) is -0.555. The predicted molar refractivity (Wildman–Crippen MR) is 84.7 cm³/mol. The number of hydrogen-bond acceptors (Lipinski definition) is 5. The molecule has 1 saturated carbocycles. The maximum absolute atomic E-state index is 12.0. The second-order valence-electron chi connectivity index (χ2n) is 7.24. The van der Waals surface area contributed by atoms with E-state index in [0.29, 0.717) is 6.54 Å². The van der Waals surface area contributed by atoms with Crippen LogP contribution in [0.5, 0.6) is 0 Å². The third kappa shape index (κ3) is 2.47. The number of nitrogens with zero attached hydrogens (tertiary/aromatic N) is 3. The van der Waals surface area contributed by atoms with E-state index in [1.54, 1.807) is 11.3 Å². The summed E-state index contributed by atoms with van der Waals surface area (Å²) in [6, 6.07) is 0. The molecule has 1 aromatic heterocycles. The van der Waals surface area contributed by atoms with Crippen LogP contribution in [0.1, 0.15) is 24.3 Å². The highest BCUT2D eigenvalue weighted by Crippen LogP contribution is 2.44. The van der Waals surface area contributed by atoms with Crippen LogP contribution in [0.3, 0.4) is 0 Å². The molecule has 2 saturated heterocycles. The Morgan fingerprint density at radius 1 is 1.36 bits per heavy atom. The molecule has 3 fully saturated rings. The van der Waals surface area contributed by atoms with E-state index in [-0.39, 0.29) is 5.92 Å². The predicted octanol–water partition coefficient (Wildman–Crippen LogP) is 1.76. The second kappa shape index (κ2) is 5.58. The smallest absolute Gasteiger partial charge is 0.312 e. The maximum atomic E-state index is 12.0. The number of carboxylic acid groups (broad SMARTS) is 1. The van der Waals surface area contributed by atoms with Gasteiger partial charge in [-0.25, -0.2) is 4.98 Å². The Labute approximate surface area is 134 Å². The Hall–Kier alpha value is -0.980. The number of carbonyl (C=O) groups is 1. The molecule has 3 heterocycles. The first-order valence-electron chi connectivity index (χ1n) is 8.22. The van der Waals surface area contributed by atoms with Crippen molar-refractivity contribution in [2.75, 3.05) is 32.7 Å². The molecule has 22 heavy (non-hydrogen) atoms. The van der Waals surface area contributed by atoms with E-state index in [0.717, 1.165) is 43.6 Å². The molecule has 0 unspecified atom stereocenters. The first-order valence-corrected chi connectivity index (χ1v) is 9.10.